The summed E-state index contributed by atoms with van der Waals surface area (Å²) < 4.78 is 10.9. The largest absolute Gasteiger partial charge is 0.447 e. The van der Waals surface area contributed by atoms with E-state index in [-0.39, 0.29) is 18.7 Å². The zero-order valence-electron chi connectivity index (χ0n) is 16.9. The van der Waals surface area contributed by atoms with Gasteiger partial charge in [0, 0.05) is 13.1 Å². The van der Waals surface area contributed by atoms with E-state index in [1.165, 1.54) is 6.42 Å². The zero-order valence-corrected chi connectivity index (χ0v) is 16.9. The highest BCUT2D eigenvalue weighted by molar-refractivity contribution is 5.69. The molecule has 0 heterocycles. The van der Waals surface area contributed by atoms with E-state index in [1.807, 2.05) is 51.1 Å². The molecule has 0 radical (unpaired) electrons. The summed E-state index contributed by atoms with van der Waals surface area (Å²) >= 11 is 0. The summed E-state index contributed by atoms with van der Waals surface area (Å²) in [4.78, 5) is 26.3. The minimum atomic E-state index is -0.594. The van der Waals surface area contributed by atoms with Gasteiger partial charge in [-0.3, -0.25) is 0 Å². The molecule has 1 saturated carbocycles. The third-order valence-electron chi connectivity index (χ3n) is 4.68. The number of ether oxygens (including phenoxy) is 2. The van der Waals surface area contributed by atoms with Gasteiger partial charge in [-0.15, -0.1) is 0 Å². The van der Waals surface area contributed by atoms with Crippen LogP contribution in [0.15, 0.2) is 30.3 Å². The lowest BCUT2D eigenvalue weighted by molar-refractivity contribution is 0.0442. The van der Waals surface area contributed by atoms with Crippen LogP contribution in [0.5, 0.6) is 0 Å². The maximum Gasteiger partial charge on any atom is 0.409 e. The molecule has 2 amide bonds. The average molecular weight is 376 g/mol. The summed E-state index contributed by atoms with van der Waals surface area (Å²) in [6.45, 7) is 5.48. The van der Waals surface area contributed by atoms with Gasteiger partial charge in [-0.2, -0.15) is 0 Å². The van der Waals surface area contributed by atoms with Crippen LogP contribution in [0.2, 0.25) is 0 Å². The first kappa shape index (κ1) is 21.1. The van der Waals surface area contributed by atoms with Gasteiger partial charge in [0.2, 0.25) is 0 Å². The van der Waals surface area contributed by atoms with Crippen LogP contribution < -0.4 is 5.32 Å². The molecular formula is C21H32N2O4. The van der Waals surface area contributed by atoms with Crippen molar-refractivity contribution in [3.8, 4) is 0 Å². The molecule has 0 aliphatic heterocycles. The number of carbonyl (C=O) groups excluding carboxylic acids is 2. The molecule has 0 spiro atoms. The fraction of sp³-hybridized carbons (Fsp3) is 0.619. The van der Waals surface area contributed by atoms with Crippen molar-refractivity contribution in [2.75, 3.05) is 13.7 Å². The van der Waals surface area contributed by atoms with Gasteiger partial charge in [-0.25, -0.2) is 9.59 Å². The van der Waals surface area contributed by atoms with Gasteiger partial charge in [-0.1, -0.05) is 49.6 Å². The van der Waals surface area contributed by atoms with E-state index in [2.05, 4.69) is 5.32 Å². The van der Waals surface area contributed by atoms with Crippen LogP contribution in [0.4, 0.5) is 9.59 Å². The summed E-state index contributed by atoms with van der Waals surface area (Å²) in [5.74, 6) is 0. The monoisotopic (exact) mass is 376 g/mol. The molecule has 150 valence electrons. The van der Waals surface area contributed by atoms with Crippen LogP contribution in [0, 0.1) is 0 Å². The topological polar surface area (TPSA) is 67.9 Å². The molecule has 0 saturated heterocycles. The SMILES string of the molecule is CN(C(=O)OC[C@H](NC(=O)OC(C)(C)C)c1ccccc1)C1CCCCC1. The molecule has 0 bridgehead atoms. The minimum Gasteiger partial charge on any atom is -0.447 e. The third kappa shape index (κ3) is 7.12. The first-order valence-electron chi connectivity index (χ1n) is 9.70. The molecule has 1 aromatic carbocycles. The van der Waals surface area contributed by atoms with Crippen molar-refractivity contribution in [3.63, 3.8) is 0 Å². The van der Waals surface area contributed by atoms with Crippen molar-refractivity contribution in [2.45, 2.75) is 70.6 Å². The lowest BCUT2D eigenvalue weighted by Crippen LogP contribution is -2.41. The highest BCUT2D eigenvalue weighted by Gasteiger charge is 2.25. The highest BCUT2D eigenvalue weighted by Crippen LogP contribution is 2.22. The van der Waals surface area contributed by atoms with E-state index in [0.717, 1.165) is 31.2 Å². The number of nitrogens with zero attached hydrogens (tertiary/aromatic N) is 1. The molecule has 6 heteroatoms. The van der Waals surface area contributed by atoms with Crippen LogP contribution in [0.3, 0.4) is 0 Å². The van der Waals surface area contributed by atoms with Gasteiger partial charge < -0.3 is 19.7 Å². The predicted molar refractivity (Wildman–Crippen MR) is 105 cm³/mol. The van der Waals surface area contributed by atoms with Crippen molar-refractivity contribution in [1.82, 2.24) is 10.2 Å². The smallest absolute Gasteiger partial charge is 0.409 e. The van der Waals surface area contributed by atoms with Crippen LogP contribution >= 0.6 is 0 Å². The Bertz CT molecular complexity index is 606. The zero-order chi connectivity index (χ0) is 19.9. The number of hydrogen-bond acceptors (Lipinski definition) is 4. The standard InChI is InChI=1S/C21H32N2O4/c1-21(2,3)27-19(24)22-18(16-11-7-5-8-12-16)15-26-20(25)23(4)17-13-9-6-10-14-17/h5,7-8,11-12,17-18H,6,9-10,13-15H2,1-4H3,(H,22,24)/t18-/m0/s1. The van der Waals surface area contributed by atoms with Crippen LogP contribution in [0.1, 0.15) is 64.5 Å². The van der Waals surface area contributed by atoms with Crippen LogP contribution in [-0.4, -0.2) is 42.4 Å². The van der Waals surface area contributed by atoms with E-state index in [1.54, 1.807) is 11.9 Å². The fourth-order valence-electron chi connectivity index (χ4n) is 3.23. The Kier molecular flexibility index (Phi) is 7.51. The normalized spacial score (nSPS) is 16.3. The number of nitrogens with one attached hydrogen (secondary N) is 1. The first-order valence-corrected chi connectivity index (χ1v) is 9.70. The van der Waals surface area contributed by atoms with Gasteiger partial charge in [0.15, 0.2) is 0 Å². The van der Waals surface area contributed by atoms with E-state index < -0.39 is 17.7 Å². The Balaban J connectivity index is 1.97. The minimum absolute atomic E-state index is 0.0547. The fourth-order valence-corrected chi connectivity index (χ4v) is 3.23. The Labute approximate surface area is 162 Å². The second kappa shape index (κ2) is 9.62. The molecule has 27 heavy (non-hydrogen) atoms. The summed E-state index contributed by atoms with van der Waals surface area (Å²) in [7, 11) is 1.79. The molecule has 0 unspecified atom stereocenters. The summed E-state index contributed by atoms with van der Waals surface area (Å²) in [6.07, 6.45) is 4.68. The molecule has 6 nitrogen and oxygen atoms in total. The summed E-state index contributed by atoms with van der Waals surface area (Å²) in [6, 6.07) is 9.22. The van der Waals surface area contributed by atoms with Gasteiger partial charge in [0.05, 0.1) is 6.04 Å². The maximum atomic E-state index is 12.5. The predicted octanol–water partition coefficient (Wildman–Crippen LogP) is 4.65. The Morgan fingerprint density at radius 1 is 1.15 bits per heavy atom. The van der Waals surface area contributed by atoms with Crippen LogP contribution in [-0.2, 0) is 9.47 Å². The molecule has 1 atom stereocenters. The number of alkyl carbamates (subject to hydrolysis) is 1. The average Bonchev–Trinajstić information content (AvgIpc) is 2.64. The Morgan fingerprint density at radius 2 is 1.78 bits per heavy atom. The molecule has 2 rings (SSSR count). The first-order chi connectivity index (χ1) is 12.8. The Hall–Kier alpha value is -2.24. The quantitative estimate of drug-likeness (QED) is 0.812. The van der Waals surface area contributed by atoms with Crippen molar-refractivity contribution < 1.29 is 19.1 Å². The number of carbonyl (C=O) groups is 2. The maximum absolute atomic E-state index is 12.5. The van der Waals surface area contributed by atoms with Crippen molar-refractivity contribution in [3.05, 3.63) is 35.9 Å². The highest BCUT2D eigenvalue weighted by atomic mass is 16.6. The number of benzene rings is 1. The number of amides is 2. The molecule has 0 aromatic heterocycles. The van der Waals surface area contributed by atoms with Crippen molar-refractivity contribution >= 4 is 12.2 Å². The molecule has 1 fully saturated rings. The summed E-state index contributed by atoms with van der Waals surface area (Å²) in [5, 5.41) is 2.81. The lowest BCUT2D eigenvalue weighted by atomic mass is 9.95. The second-order valence-corrected chi connectivity index (χ2v) is 8.09. The lowest BCUT2D eigenvalue weighted by Gasteiger charge is -2.31. The molecule has 1 aromatic rings. The van der Waals surface area contributed by atoms with E-state index in [0.29, 0.717) is 0 Å². The van der Waals surface area contributed by atoms with E-state index >= 15 is 0 Å². The van der Waals surface area contributed by atoms with E-state index in [9.17, 15) is 9.59 Å². The van der Waals surface area contributed by atoms with E-state index in [4.69, 9.17) is 9.47 Å². The molecule has 1 N–H and O–H groups in total. The number of rotatable bonds is 5. The van der Waals surface area contributed by atoms with Crippen molar-refractivity contribution in [2.24, 2.45) is 0 Å². The van der Waals surface area contributed by atoms with Crippen molar-refractivity contribution in [1.29, 1.82) is 0 Å². The molecular weight excluding hydrogens is 344 g/mol. The van der Waals surface area contributed by atoms with Gasteiger partial charge in [0.1, 0.15) is 12.2 Å². The number of hydrogen-bond donors (Lipinski definition) is 1. The van der Waals surface area contributed by atoms with Gasteiger partial charge in [-0.05, 0) is 39.2 Å². The van der Waals surface area contributed by atoms with Gasteiger partial charge in [0.25, 0.3) is 0 Å². The molecule has 1 aliphatic rings. The van der Waals surface area contributed by atoms with Gasteiger partial charge >= 0.3 is 12.2 Å². The second-order valence-electron chi connectivity index (χ2n) is 8.09. The summed E-state index contributed by atoms with van der Waals surface area (Å²) in [5.41, 5.74) is 0.264. The molecule has 1 aliphatic carbocycles. The third-order valence-corrected chi connectivity index (χ3v) is 4.68. The van der Waals surface area contributed by atoms with Crippen LogP contribution in [0.25, 0.3) is 0 Å². The Morgan fingerprint density at radius 3 is 2.37 bits per heavy atom.